The monoisotopic (exact) mass is 375 g/mol. The zero-order valence-electron chi connectivity index (χ0n) is 15.6. The number of ketones is 1. The number of carbonyl (C=O) groups excluding carboxylic acids is 3. The van der Waals surface area contributed by atoms with E-state index in [1.54, 1.807) is 40.3 Å². The molecule has 1 unspecified atom stereocenters. The van der Waals surface area contributed by atoms with Crippen LogP contribution in [0.2, 0.25) is 0 Å². The van der Waals surface area contributed by atoms with Crippen molar-refractivity contribution in [2.75, 3.05) is 19.6 Å². The molecule has 3 aromatic rings. The van der Waals surface area contributed by atoms with E-state index in [1.165, 1.54) is 0 Å². The maximum atomic E-state index is 12.8. The second-order valence-corrected chi connectivity index (χ2v) is 7.04. The Morgan fingerprint density at radius 3 is 2.50 bits per heavy atom. The van der Waals surface area contributed by atoms with Crippen molar-refractivity contribution in [3.63, 3.8) is 0 Å². The number of piperazine rings is 1. The van der Waals surface area contributed by atoms with Gasteiger partial charge in [-0.05, 0) is 31.2 Å². The quantitative estimate of drug-likeness (QED) is 0.565. The Balaban J connectivity index is 1.48. The van der Waals surface area contributed by atoms with E-state index >= 15 is 0 Å². The van der Waals surface area contributed by atoms with Crippen LogP contribution < -0.4 is 0 Å². The standard InChI is InChI=1S/C22H21N3O3/c1-15-14-24(12-13-25(15)21(27)17-6-3-2-4-7-17)22(28)20(26)18-9-5-8-16-10-11-23-19(16)18/h2-11,15,23H,12-14H2,1H3. The average Bonchev–Trinajstić information content (AvgIpc) is 3.21. The van der Waals surface area contributed by atoms with Crippen LogP contribution in [0.25, 0.3) is 10.9 Å². The first-order chi connectivity index (χ1) is 13.6. The van der Waals surface area contributed by atoms with Crippen molar-refractivity contribution in [3.05, 3.63) is 71.9 Å². The van der Waals surface area contributed by atoms with Crippen LogP contribution in [0.15, 0.2) is 60.8 Å². The average molecular weight is 375 g/mol. The summed E-state index contributed by atoms with van der Waals surface area (Å²) in [5.74, 6) is -1.11. The van der Waals surface area contributed by atoms with E-state index < -0.39 is 11.7 Å². The van der Waals surface area contributed by atoms with Crippen LogP contribution in [0.4, 0.5) is 0 Å². The van der Waals surface area contributed by atoms with Gasteiger partial charge < -0.3 is 14.8 Å². The normalized spacial score (nSPS) is 17.0. The summed E-state index contributed by atoms with van der Waals surface area (Å²) in [5, 5.41) is 0.894. The third-order valence-corrected chi connectivity index (χ3v) is 5.22. The van der Waals surface area contributed by atoms with Crippen LogP contribution in [-0.4, -0.2) is 58.1 Å². The Labute approximate surface area is 162 Å². The highest BCUT2D eigenvalue weighted by Crippen LogP contribution is 2.20. The molecule has 142 valence electrons. The molecule has 1 saturated heterocycles. The number of aromatic amines is 1. The number of benzene rings is 2. The molecule has 1 fully saturated rings. The van der Waals surface area contributed by atoms with Gasteiger partial charge in [0, 0.05) is 42.8 Å². The molecule has 2 heterocycles. The maximum Gasteiger partial charge on any atom is 0.295 e. The van der Waals surface area contributed by atoms with Crippen molar-refractivity contribution >= 4 is 28.5 Å². The summed E-state index contributed by atoms with van der Waals surface area (Å²) < 4.78 is 0. The van der Waals surface area contributed by atoms with Crippen LogP contribution >= 0.6 is 0 Å². The summed E-state index contributed by atoms with van der Waals surface area (Å²) in [7, 11) is 0. The fraction of sp³-hybridized carbons (Fsp3) is 0.227. The molecule has 4 rings (SSSR count). The highest BCUT2D eigenvalue weighted by Gasteiger charge is 2.33. The van der Waals surface area contributed by atoms with Gasteiger partial charge in [0.2, 0.25) is 0 Å². The lowest BCUT2D eigenvalue weighted by molar-refractivity contribution is -0.128. The summed E-state index contributed by atoms with van der Waals surface area (Å²) in [6.07, 6.45) is 1.75. The minimum absolute atomic E-state index is 0.0531. The van der Waals surface area contributed by atoms with E-state index in [2.05, 4.69) is 4.98 Å². The highest BCUT2D eigenvalue weighted by molar-refractivity contribution is 6.44. The molecule has 28 heavy (non-hydrogen) atoms. The fourth-order valence-corrected chi connectivity index (χ4v) is 3.72. The van der Waals surface area contributed by atoms with Crippen molar-refractivity contribution in [1.82, 2.24) is 14.8 Å². The molecule has 1 aliphatic rings. The lowest BCUT2D eigenvalue weighted by Gasteiger charge is -2.39. The first-order valence-corrected chi connectivity index (χ1v) is 9.32. The number of nitrogens with zero attached hydrogens (tertiary/aromatic N) is 2. The van der Waals surface area contributed by atoms with Gasteiger partial charge in [0.25, 0.3) is 17.6 Å². The molecule has 1 aromatic heterocycles. The highest BCUT2D eigenvalue weighted by atomic mass is 16.2. The summed E-state index contributed by atoms with van der Waals surface area (Å²) >= 11 is 0. The molecule has 1 aliphatic heterocycles. The van der Waals surface area contributed by atoms with Crippen molar-refractivity contribution in [2.24, 2.45) is 0 Å². The van der Waals surface area contributed by atoms with Crippen LogP contribution in [0.5, 0.6) is 0 Å². The lowest BCUT2D eigenvalue weighted by atomic mass is 10.1. The summed E-state index contributed by atoms with van der Waals surface area (Å²) in [5.41, 5.74) is 1.68. The molecule has 6 heteroatoms. The third kappa shape index (κ3) is 3.17. The van der Waals surface area contributed by atoms with Crippen molar-refractivity contribution in [1.29, 1.82) is 0 Å². The predicted octanol–water partition coefficient (Wildman–Crippen LogP) is 2.72. The minimum Gasteiger partial charge on any atom is -0.361 e. The van der Waals surface area contributed by atoms with Gasteiger partial charge in [-0.25, -0.2) is 0 Å². The Bertz CT molecular complexity index is 1040. The molecule has 0 radical (unpaired) electrons. The number of hydrogen-bond acceptors (Lipinski definition) is 3. The molecular formula is C22H21N3O3. The first-order valence-electron chi connectivity index (χ1n) is 9.32. The lowest BCUT2D eigenvalue weighted by Crippen LogP contribution is -2.56. The molecule has 0 saturated carbocycles. The number of carbonyl (C=O) groups is 3. The zero-order chi connectivity index (χ0) is 19.7. The molecule has 0 spiro atoms. The van der Waals surface area contributed by atoms with E-state index in [0.29, 0.717) is 36.3 Å². The molecule has 2 aromatic carbocycles. The van der Waals surface area contributed by atoms with Gasteiger partial charge >= 0.3 is 0 Å². The third-order valence-electron chi connectivity index (χ3n) is 5.22. The van der Waals surface area contributed by atoms with Crippen LogP contribution in [0.1, 0.15) is 27.6 Å². The second-order valence-electron chi connectivity index (χ2n) is 7.04. The second kappa shape index (κ2) is 7.31. The molecule has 6 nitrogen and oxygen atoms in total. The smallest absolute Gasteiger partial charge is 0.295 e. The van der Waals surface area contributed by atoms with Crippen LogP contribution in [0.3, 0.4) is 0 Å². The van der Waals surface area contributed by atoms with Crippen molar-refractivity contribution in [2.45, 2.75) is 13.0 Å². The largest absolute Gasteiger partial charge is 0.361 e. The molecule has 0 aliphatic carbocycles. The number of rotatable bonds is 3. The van der Waals surface area contributed by atoms with E-state index in [-0.39, 0.29) is 11.9 Å². The van der Waals surface area contributed by atoms with Gasteiger partial charge in [0.05, 0.1) is 11.1 Å². The van der Waals surface area contributed by atoms with Gasteiger partial charge in [-0.1, -0.05) is 30.3 Å². The fourth-order valence-electron chi connectivity index (χ4n) is 3.72. The number of H-pyrrole nitrogens is 1. The zero-order valence-corrected chi connectivity index (χ0v) is 15.6. The van der Waals surface area contributed by atoms with Crippen LogP contribution in [-0.2, 0) is 4.79 Å². The number of hydrogen-bond donors (Lipinski definition) is 1. The van der Waals surface area contributed by atoms with E-state index in [0.717, 1.165) is 5.39 Å². The van der Waals surface area contributed by atoms with Crippen LogP contribution in [0, 0.1) is 0 Å². The van der Waals surface area contributed by atoms with Gasteiger partial charge in [-0.3, -0.25) is 14.4 Å². The Morgan fingerprint density at radius 1 is 0.964 bits per heavy atom. The van der Waals surface area contributed by atoms with Gasteiger partial charge in [0.15, 0.2) is 0 Å². The predicted molar refractivity (Wildman–Crippen MR) is 106 cm³/mol. The van der Waals surface area contributed by atoms with Gasteiger partial charge in [0.1, 0.15) is 0 Å². The number of amides is 2. The maximum absolute atomic E-state index is 12.8. The van der Waals surface area contributed by atoms with Crippen molar-refractivity contribution in [3.8, 4) is 0 Å². The van der Waals surface area contributed by atoms with Gasteiger partial charge in [-0.2, -0.15) is 0 Å². The Kier molecular flexibility index (Phi) is 4.69. The molecular weight excluding hydrogens is 354 g/mol. The molecule has 1 N–H and O–H groups in total. The summed E-state index contributed by atoms with van der Waals surface area (Å²) in [6, 6.07) is 16.1. The number of Topliss-reactive ketones (excluding diaryl/α,β-unsaturated/α-hetero) is 1. The number of fused-ring (bicyclic) bond motifs is 1. The van der Waals surface area contributed by atoms with Gasteiger partial charge in [-0.15, -0.1) is 0 Å². The Hall–Kier alpha value is -3.41. The number of nitrogens with one attached hydrogen (secondary N) is 1. The van der Waals surface area contributed by atoms with Crippen molar-refractivity contribution < 1.29 is 14.4 Å². The van der Waals surface area contributed by atoms with E-state index in [1.807, 2.05) is 37.3 Å². The number of aromatic nitrogens is 1. The minimum atomic E-state index is -0.527. The Morgan fingerprint density at radius 2 is 1.75 bits per heavy atom. The van der Waals surface area contributed by atoms with E-state index in [9.17, 15) is 14.4 Å². The van der Waals surface area contributed by atoms with E-state index in [4.69, 9.17) is 0 Å². The molecule has 0 bridgehead atoms. The topological polar surface area (TPSA) is 73.5 Å². The summed E-state index contributed by atoms with van der Waals surface area (Å²) in [4.78, 5) is 44.7. The molecule has 1 atom stereocenters. The first kappa shape index (κ1) is 18.0. The number of para-hydroxylation sites is 1. The summed E-state index contributed by atoms with van der Waals surface area (Å²) in [6.45, 7) is 2.98. The molecule has 2 amide bonds. The SMILES string of the molecule is CC1CN(C(=O)C(=O)c2cccc3cc[nH]c23)CCN1C(=O)c1ccccc1.